The third kappa shape index (κ3) is 2.98. The van der Waals surface area contributed by atoms with E-state index in [1.807, 2.05) is 6.92 Å². The summed E-state index contributed by atoms with van der Waals surface area (Å²) in [5.41, 5.74) is -0.390. The molecule has 0 saturated heterocycles. The molecule has 8 heteroatoms. The van der Waals surface area contributed by atoms with Crippen LogP contribution in [0.3, 0.4) is 0 Å². The van der Waals surface area contributed by atoms with Crippen molar-refractivity contribution < 1.29 is 41.9 Å². The molecule has 0 bridgehead atoms. The molecule has 1 aliphatic rings. The van der Waals surface area contributed by atoms with Gasteiger partial charge in [-0.05, 0) is 19.3 Å². The molecule has 0 aliphatic heterocycles. The molecular formula is C11H12F3LiN2O2. The van der Waals surface area contributed by atoms with Crippen molar-refractivity contribution in [3.63, 3.8) is 0 Å². The van der Waals surface area contributed by atoms with Crippen molar-refractivity contribution in [1.29, 1.82) is 0 Å². The Morgan fingerprint density at radius 3 is 2.63 bits per heavy atom. The maximum atomic E-state index is 12.9. The molecule has 1 atom stereocenters. The molecule has 1 unspecified atom stereocenters. The van der Waals surface area contributed by atoms with Crippen LogP contribution in [0.5, 0.6) is 0 Å². The van der Waals surface area contributed by atoms with E-state index in [9.17, 15) is 23.1 Å². The number of carboxylic acid groups (broad SMARTS) is 1. The number of nitrogens with zero attached hydrogens (tertiary/aromatic N) is 2. The number of hydrogen-bond acceptors (Lipinski definition) is 3. The standard InChI is InChI=1S/C11H13F3N2O2.Li/c1-2-6-3-4-7-9(6)15-16(5-8(17)18)10(7)11(12,13)14;/h6H,2-5H2,1H3,(H,17,18);/q;+1/p-1. The van der Waals surface area contributed by atoms with Gasteiger partial charge in [-0.15, -0.1) is 0 Å². The van der Waals surface area contributed by atoms with Crippen LogP contribution in [0.25, 0.3) is 0 Å². The second-order valence-corrected chi connectivity index (χ2v) is 4.38. The van der Waals surface area contributed by atoms with Gasteiger partial charge in [-0.2, -0.15) is 18.3 Å². The number of carbonyl (C=O) groups is 1. The van der Waals surface area contributed by atoms with Crippen LogP contribution in [0.15, 0.2) is 0 Å². The average molecular weight is 268 g/mol. The summed E-state index contributed by atoms with van der Waals surface area (Å²) in [4.78, 5) is 10.5. The second kappa shape index (κ2) is 5.59. The van der Waals surface area contributed by atoms with Gasteiger partial charge in [0.25, 0.3) is 0 Å². The summed E-state index contributed by atoms with van der Waals surface area (Å²) in [6.07, 6.45) is -2.94. The van der Waals surface area contributed by atoms with Crippen molar-refractivity contribution in [3.8, 4) is 0 Å². The van der Waals surface area contributed by atoms with E-state index in [4.69, 9.17) is 0 Å². The molecule has 0 fully saturated rings. The fourth-order valence-corrected chi connectivity index (χ4v) is 2.50. The number of carboxylic acids is 1. The van der Waals surface area contributed by atoms with Crippen LogP contribution in [0.1, 0.15) is 42.6 Å². The molecule has 0 N–H and O–H groups in total. The minimum Gasteiger partial charge on any atom is -0.548 e. The van der Waals surface area contributed by atoms with Gasteiger partial charge in [-0.3, -0.25) is 4.68 Å². The zero-order valence-corrected chi connectivity index (χ0v) is 10.8. The Balaban J connectivity index is 0.00000180. The van der Waals surface area contributed by atoms with Crippen molar-refractivity contribution in [2.75, 3.05) is 0 Å². The third-order valence-electron chi connectivity index (χ3n) is 3.25. The first-order chi connectivity index (χ1) is 8.34. The molecule has 19 heavy (non-hydrogen) atoms. The van der Waals surface area contributed by atoms with Crippen molar-refractivity contribution in [3.05, 3.63) is 17.0 Å². The molecule has 2 rings (SSSR count). The number of fused-ring (bicyclic) bond motifs is 1. The Kier molecular flexibility index (Phi) is 4.75. The summed E-state index contributed by atoms with van der Waals surface area (Å²) < 4.78 is 39.3. The Bertz CT molecular complexity index is 485. The summed E-state index contributed by atoms with van der Waals surface area (Å²) in [6, 6.07) is 0. The molecule has 1 heterocycles. The van der Waals surface area contributed by atoms with E-state index in [-0.39, 0.29) is 30.3 Å². The maximum Gasteiger partial charge on any atom is 1.00 e. The van der Waals surface area contributed by atoms with Crippen molar-refractivity contribution in [1.82, 2.24) is 9.78 Å². The quantitative estimate of drug-likeness (QED) is 0.601. The predicted molar refractivity (Wildman–Crippen MR) is 53.6 cm³/mol. The van der Waals surface area contributed by atoms with Crippen molar-refractivity contribution in [2.45, 2.75) is 44.8 Å². The van der Waals surface area contributed by atoms with Gasteiger partial charge in [0.2, 0.25) is 0 Å². The van der Waals surface area contributed by atoms with Gasteiger partial charge in [0.05, 0.1) is 18.2 Å². The van der Waals surface area contributed by atoms with E-state index < -0.39 is 24.4 Å². The van der Waals surface area contributed by atoms with Crippen LogP contribution in [-0.2, 0) is 23.9 Å². The number of rotatable bonds is 3. The first-order valence-corrected chi connectivity index (χ1v) is 5.71. The number of aromatic nitrogens is 2. The van der Waals surface area contributed by atoms with E-state index in [1.165, 1.54) is 0 Å². The molecule has 1 aliphatic carbocycles. The van der Waals surface area contributed by atoms with Crippen LogP contribution in [0.2, 0.25) is 0 Å². The zero-order chi connectivity index (χ0) is 13.5. The van der Waals surface area contributed by atoms with Crippen LogP contribution in [0.4, 0.5) is 13.2 Å². The van der Waals surface area contributed by atoms with Gasteiger partial charge in [0.15, 0.2) is 0 Å². The normalized spacial score (nSPS) is 18.0. The van der Waals surface area contributed by atoms with Gasteiger partial charge in [0, 0.05) is 11.5 Å². The maximum absolute atomic E-state index is 12.9. The van der Waals surface area contributed by atoms with Gasteiger partial charge in [0.1, 0.15) is 5.69 Å². The summed E-state index contributed by atoms with van der Waals surface area (Å²) in [7, 11) is 0. The summed E-state index contributed by atoms with van der Waals surface area (Å²) in [6.45, 7) is 1.02. The predicted octanol–water partition coefficient (Wildman–Crippen LogP) is -1.90. The summed E-state index contributed by atoms with van der Waals surface area (Å²) >= 11 is 0. The molecule has 0 aromatic carbocycles. The second-order valence-electron chi connectivity index (χ2n) is 4.38. The number of alkyl halides is 3. The number of hydrogen-bond donors (Lipinski definition) is 0. The van der Waals surface area contributed by atoms with Gasteiger partial charge < -0.3 is 9.90 Å². The van der Waals surface area contributed by atoms with Crippen LogP contribution < -0.4 is 24.0 Å². The SMILES string of the molecule is CCC1CCc2c1nn(CC(=O)[O-])c2C(F)(F)F.[Li+]. The Labute approximate surface area is 120 Å². The van der Waals surface area contributed by atoms with Crippen molar-refractivity contribution >= 4 is 5.97 Å². The largest absolute Gasteiger partial charge is 1.00 e. The third-order valence-corrected chi connectivity index (χ3v) is 3.25. The molecule has 0 saturated carbocycles. The van der Waals surface area contributed by atoms with Gasteiger partial charge >= 0.3 is 25.0 Å². The first kappa shape index (κ1) is 16.1. The van der Waals surface area contributed by atoms with Gasteiger partial charge in [-0.25, -0.2) is 0 Å². The molecule has 100 valence electrons. The Hall–Kier alpha value is -0.933. The van der Waals surface area contributed by atoms with Crippen LogP contribution in [-0.4, -0.2) is 15.7 Å². The molecule has 1 aromatic rings. The zero-order valence-electron chi connectivity index (χ0n) is 10.8. The van der Waals surface area contributed by atoms with Crippen LogP contribution in [0, 0.1) is 0 Å². The molecular weight excluding hydrogens is 256 g/mol. The summed E-state index contributed by atoms with van der Waals surface area (Å²) in [5, 5.41) is 14.3. The van der Waals surface area contributed by atoms with E-state index in [2.05, 4.69) is 5.10 Å². The fourth-order valence-electron chi connectivity index (χ4n) is 2.50. The Morgan fingerprint density at radius 2 is 2.16 bits per heavy atom. The van der Waals surface area contributed by atoms with Gasteiger partial charge in [-0.1, -0.05) is 6.92 Å². The average Bonchev–Trinajstić information content (AvgIpc) is 2.72. The number of carbonyl (C=O) groups excluding carboxylic acids is 1. The summed E-state index contributed by atoms with van der Waals surface area (Å²) in [5.74, 6) is -1.58. The van der Waals surface area contributed by atoms with Crippen molar-refractivity contribution in [2.24, 2.45) is 0 Å². The smallest absolute Gasteiger partial charge is 0.548 e. The van der Waals surface area contributed by atoms with E-state index in [0.717, 1.165) is 0 Å². The van der Waals surface area contributed by atoms with Crippen LogP contribution >= 0.6 is 0 Å². The molecule has 0 amide bonds. The molecule has 0 radical (unpaired) electrons. The first-order valence-electron chi connectivity index (χ1n) is 5.71. The van der Waals surface area contributed by atoms with E-state index in [0.29, 0.717) is 29.6 Å². The van der Waals surface area contributed by atoms with E-state index in [1.54, 1.807) is 0 Å². The fraction of sp³-hybridized carbons (Fsp3) is 0.636. The topological polar surface area (TPSA) is 58.0 Å². The van der Waals surface area contributed by atoms with E-state index >= 15 is 0 Å². The monoisotopic (exact) mass is 268 g/mol. The number of aliphatic carboxylic acids is 1. The molecule has 0 spiro atoms. The minimum absolute atomic E-state index is 0. The molecule has 1 aromatic heterocycles. The number of halogens is 3. The molecule has 4 nitrogen and oxygen atoms in total. The Morgan fingerprint density at radius 1 is 1.53 bits per heavy atom. The minimum atomic E-state index is -4.58.